The largest absolute Gasteiger partial charge is 0.420 e. The van der Waals surface area contributed by atoms with Crippen molar-refractivity contribution < 1.29 is 4.42 Å². The minimum absolute atomic E-state index is 0.0697. The third-order valence-corrected chi connectivity index (χ3v) is 3.88. The molecule has 0 aliphatic carbocycles. The first-order valence-corrected chi connectivity index (χ1v) is 6.83. The molecule has 0 saturated carbocycles. The Kier molecular flexibility index (Phi) is 2.78. The fourth-order valence-corrected chi connectivity index (χ4v) is 2.71. The predicted octanol–water partition coefficient (Wildman–Crippen LogP) is 2.43. The van der Waals surface area contributed by atoms with E-state index in [4.69, 9.17) is 4.42 Å². The van der Waals surface area contributed by atoms with Crippen LogP contribution < -0.4 is 11.1 Å². The molecule has 2 heterocycles. The Balaban J connectivity index is 2.20. The van der Waals surface area contributed by atoms with E-state index in [1.165, 1.54) is 5.56 Å². The lowest BCUT2D eigenvalue weighted by Crippen LogP contribution is -2.22. The second-order valence-electron chi connectivity index (χ2n) is 6.32. The summed E-state index contributed by atoms with van der Waals surface area (Å²) in [5.41, 5.74) is 2.90. The van der Waals surface area contributed by atoms with E-state index in [1.54, 1.807) is 0 Å². The highest BCUT2D eigenvalue weighted by molar-refractivity contribution is 5.74. The Labute approximate surface area is 112 Å². The van der Waals surface area contributed by atoms with Crippen LogP contribution in [0.25, 0.3) is 11.1 Å². The lowest BCUT2D eigenvalue weighted by Gasteiger charge is -2.19. The Hall–Kier alpha value is -1.55. The Morgan fingerprint density at radius 2 is 2.16 bits per heavy atom. The molecule has 19 heavy (non-hydrogen) atoms. The molecule has 1 saturated heterocycles. The highest BCUT2D eigenvalue weighted by Crippen LogP contribution is 2.27. The zero-order valence-electron chi connectivity index (χ0n) is 11.7. The molecule has 2 aromatic rings. The van der Waals surface area contributed by atoms with E-state index in [9.17, 15) is 4.79 Å². The molecule has 1 aromatic carbocycles. The van der Waals surface area contributed by atoms with Gasteiger partial charge in [-0.25, -0.2) is 4.79 Å². The van der Waals surface area contributed by atoms with Crippen LogP contribution in [0.5, 0.6) is 0 Å². The summed E-state index contributed by atoms with van der Waals surface area (Å²) in [5, 5.41) is 3.30. The Bertz CT molecular complexity index is 655. The summed E-state index contributed by atoms with van der Waals surface area (Å²) < 4.78 is 7.17. The Morgan fingerprint density at radius 1 is 1.37 bits per heavy atom. The number of nitrogens with one attached hydrogen (secondary N) is 1. The monoisotopic (exact) mass is 260 g/mol. The molecular formula is C15H20N2O2. The van der Waals surface area contributed by atoms with Crippen LogP contribution in [0.15, 0.2) is 27.4 Å². The molecule has 1 unspecified atom stereocenters. The average Bonchev–Trinajstić information content (AvgIpc) is 2.92. The minimum Gasteiger partial charge on any atom is -0.408 e. The minimum atomic E-state index is -0.241. The summed E-state index contributed by atoms with van der Waals surface area (Å²) in [6, 6.07) is 6.26. The third kappa shape index (κ3) is 2.10. The summed E-state index contributed by atoms with van der Waals surface area (Å²) in [5.74, 6) is -0.241. The van der Waals surface area contributed by atoms with Crippen LogP contribution in [0.2, 0.25) is 0 Å². The van der Waals surface area contributed by atoms with Gasteiger partial charge in [0.25, 0.3) is 0 Å². The quantitative estimate of drug-likeness (QED) is 0.856. The second-order valence-corrected chi connectivity index (χ2v) is 6.32. The van der Waals surface area contributed by atoms with Gasteiger partial charge in [-0.2, -0.15) is 0 Å². The zero-order valence-corrected chi connectivity index (χ0v) is 11.7. The molecule has 1 aromatic heterocycles. The van der Waals surface area contributed by atoms with Crippen molar-refractivity contribution in [2.24, 2.45) is 0 Å². The van der Waals surface area contributed by atoms with E-state index in [0.717, 1.165) is 25.0 Å². The first-order valence-electron chi connectivity index (χ1n) is 6.83. The molecule has 4 heteroatoms. The van der Waals surface area contributed by atoms with Crippen LogP contribution in [-0.4, -0.2) is 17.7 Å². The predicted molar refractivity (Wildman–Crippen MR) is 75.7 cm³/mol. The number of nitrogens with zero attached hydrogens (tertiary/aromatic N) is 1. The standard InChI is InChI=1S/C15H20N2O2/c1-15(2,3)10-4-5-13-12(8-10)17(14(18)19-13)11-6-7-16-9-11/h4-5,8,11,16H,6-7,9H2,1-3H3. The fourth-order valence-electron chi connectivity index (χ4n) is 2.71. The van der Waals surface area contributed by atoms with Gasteiger partial charge in [-0.1, -0.05) is 26.8 Å². The molecule has 1 aliphatic heterocycles. The maximum absolute atomic E-state index is 12.1. The molecule has 4 nitrogen and oxygen atoms in total. The molecule has 102 valence electrons. The average molecular weight is 260 g/mol. The van der Waals surface area contributed by atoms with Crippen LogP contribution >= 0.6 is 0 Å². The second kappa shape index (κ2) is 4.23. The number of fused-ring (bicyclic) bond motifs is 1. The first kappa shape index (κ1) is 12.5. The van der Waals surface area contributed by atoms with Gasteiger partial charge in [-0.3, -0.25) is 4.57 Å². The number of rotatable bonds is 1. The van der Waals surface area contributed by atoms with E-state index >= 15 is 0 Å². The van der Waals surface area contributed by atoms with Gasteiger partial charge in [0.15, 0.2) is 5.58 Å². The van der Waals surface area contributed by atoms with Gasteiger partial charge in [-0.05, 0) is 36.1 Å². The molecule has 0 spiro atoms. The highest BCUT2D eigenvalue weighted by Gasteiger charge is 2.23. The zero-order chi connectivity index (χ0) is 13.6. The number of hydrogen-bond donors (Lipinski definition) is 1. The molecular weight excluding hydrogens is 240 g/mol. The van der Waals surface area contributed by atoms with Gasteiger partial charge in [-0.15, -0.1) is 0 Å². The molecule has 0 bridgehead atoms. The van der Waals surface area contributed by atoms with Crippen molar-refractivity contribution in [3.05, 3.63) is 34.3 Å². The van der Waals surface area contributed by atoms with Gasteiger partial charge < -0.3 is 9.73 Å². The molecule has 1 aliphatic rings. The Morgan fingerprint density at radius 3 is 2.79 bits per heavy atom. The van der Waals surface area contributed by atoms with Crippen LogP contribution in [0.4, 0.5) is 0 Å². The van der Waals surface area contributed by atoms with Crippen molar-refractivity contribution in [3.63, 3.8) is 0 Å². The van der Waals surface area contributed by atoms with Crippen molar-refractivity contribution in [1.82, 2.24) is 9.88 Å². The van der Waals surface area contributed by atoms with Gasteiger partial charge in [0.1, 0.15) is 0 Å². The molecule has 1 atom stereocenters. The van der Waals surface area contributed by atoms with E-state index < -0.39 is 0 Å². The van der Waals surface area contributed by atoms with Crippen molar-refractivity contribution >= 4 is 11.1 Å². The highest BCUT2D eigenvalue weighted by atomic mass is 16.4. The van der Waals surface area contributed by atoms with Crippen molar-refractivity contribution in [2.45, 2.75) is 38.6 Å². The van der Waals surface area contributed by atoms with E-state index in [-0.39, 0.29) is 17.2 Å². The normalized spacial score (nSPS) is 20.3. The van der Waals surface area contributed by atoms with Crippen LogP contribution in [-0.2, 0) is 5.41 Å². The number of oxazole rings is 1. The summed E-state index contributed by atoms with van der Waals surface area (Å²) in [6.07, 6.45) is 0.980. The summed E-state index contributed by atoms with van der Waals surface area (Å²) >= 11 is 0. The molecule has 1 fully saturated rings. The van der Waals surface area contributed by atoms with Crippen LogP contribution in [0.3, 0.4) is 0 Å². The SMILES string of the molecule is CC(C)(C)c1ccc2oc(=O)n(C3CCNC3)c2c1. The summed E-state index contributed by atoms with van der Waals surface area (Å²) in [6.45, 7) is 8.33. The summed E-state index contributed by atoms with van der Waals surface area (Å²) in [7, 11) is 0. The van der Waals surface area contributed by atoms with E-state index in [0.29, 0.717) is 5.58 Å². The lowest BCUT2D eigenvalue weighted by atomic mass is 9.87. The maximum atomic E-state index is 12.1. The fraction of sp³-hybridized carbons (Fsp3) is 0.533. The van der Waals surface area contributed by atoms with Gasteiger partial charge in [0, 0.05) is 6.54 Å². The smallest absolute Gasteiger partial charge is 0.408 e. The van der Waals surface area contributed by atoms with Crippen molar-refractivity contribution in [3.8, 4) is 0 Å². The molecule has 3 rings (SSSR count). The molecule has 0 radical (unpaired) electrons. The third-order valence-electron chi connectivity index (χ3n) is 3.88. The van der Waals surface area contributed by atoms with Crippen LogP contribution in [0, 0.1) is 0 Å². The van der Waals surface area contributed by atoms with E-state index in [1.807, 2.05) is 16.7 Å². The van der Waals surface area contributed by atoms with Crippen LogP contribution in [0.1, 0.15) is 38.8 Å². The topological polar surface area (TPSA) is 47.2 Å². The summed E-state index contributed by atoms with van der Waals surface area (Å²) in [4.78, 5) is 12.1. The number of aromatic nitrogens is 1. The van der Waals surface area contributed by atoms with Gasteiger partial charge >= 0.3 is 5.76 Å². The first-order chi connectivity index (χ1) is 8.97. The number of hydrogen-bond acceptors (Lipinski definition) is 3. The molecule has 0 amide bonds. The van der Waals surface area contributed by atoms with Gasteiger partial charge in [0.2, 0.25) is 0 Å². The lowest BCUT2D eigenvalue weighted by molar-refractivity contribution is 0.459. The maximum Gasteiger partial charge on any atom is 0.420 e. The number of benzene rings is 1. The molecule has 1 N–H and O–H groups in total. The van der Waals surface area contributed by atoms with Crippen molar-refractivity contribution in [1.29, 1.82) is 0 Å². The van der Waals surface area contributed by atoms with Gasteiger partial charge in [0.05, 0.1) is 11.6 Å². The van der Waals surface area contributed by atoms with E-state index in [2.05, 4.69) is 32.2 Å². The van der Waals surface area contributed by atoms with Crippen molar-refractivity contribution in [2.75, 3.05) is 13.1 Å².